The molecule has 0 fully saturated rings. The molecule has 0 aromatic heterocycles. The van der Waals surface area contributed by atoms with Gasteiger partial charge in [0.1, 0.15) is 0 Å². The van der Waals surface area contributed by atoms with Crippen LogP contribution in [0.5, 0.6) is 0 Å². The molecule has 0 aliphatic heterocycles. The van der Waals surface area contributed by atoms with E-state index in [1.165, 1.54) is 19.4 Å². The number of benzene rings is 1. The monoisotopic (exact) mass is 924 g/mol. The molecule has 1 rings (SSSR count). The van der Waals surface area contributed by atoms with Crippen LogP contribution in [0.4, 0.5) is 0 Å². The van der Waals surface area contributed by atoms with Crippen LogP contribution in [0.15, 0.2) is 34.0 Å². The number of hydrogen-bond donors (Lipinski definition) is 0. The van der Waals surface area contributed by atoms with E-state index in [-0.39, 0.29) is 34.1 Å². The van der Waals surface area contributed by atoms with E-state index in [1.54, 1.807) is 0 Å². The Kier molecular flexibility index (Phi) is 319. The average Bonchev–Trinajstić information content (AvgIpc) is 3.07. The van der Waals surface area contributed by atoms with E-state index in [0.717, 1.165) is 18.2 Å². The maximum Gasteiger partial charge on any atom is 0 e. The van der Waals surface area contributed by atoms with Crippen molar-refractivity contribution in [3.05, 3.63) is 113 Å². The van der Waals surface area contributed by atoms with Gasteiger partial charge in [-0.25, -0.2) is 0 Å². The van der Waals surface area contributed by atoms with E-state index >= 15 is 0 Å². The first-order valence-corrected chi connectivity index (χ1v) is 9.76. The SMILES string of the molecule is CCO[C](=[W])/C([Te])=C(/[S-])c1ccccc1.[C-]#[O+].[C-]#[O+].[C-]#[O+].[C-]#[O+].[C-]#[O+].[C-]#[O+].[C-]#[O+].[C-]#[O+].[C-]#[O+].[C-]#[O+].[C-]#[O+].[Fe].[Fe]. The number of ether oxygens (including phenoxy) is 1. The molecule has 0 aliphatic rings. The Labute approximate surface area is 277 Å². The number of rotatable bonds is 4. The van der Waals surface area contributed by atoms with Crippen molar-refractivity contribution in [3.63, 3.8) is 0 Å². The third-order valence-corrected chi connectivity index (χ3v) is 6.40. The second-order valence-corrected chi connectivity index (χ2v) is 5.65. The Morgan fingerprint density at radius 2 is 0.872 bits per heavy atom. The van der Waals surface area contributed by atoms with E-state index in [9.17, 15) is 0 Å². The van der Waals surface area contributed by atoms with Crippen molar-refractivity contribution >= 4 is 43.9 Å². The van der Waals surface area contributed by atoms with Crippen molar-refractivity contribution in [3.8, 4) is 0 Å². The van der Waals surface area contributed by atoms with Crippen LogP contribution in [0.2, 0.25) is 0 Å². The molecule has 0 atom stereocenters. The van der Waals surface area contributed by atoms with Crippen LogP contribution in [0, 0.1) is 73.2 Å². The summed E-state index contributed by atoms with van der Waals surface area (Å²) in [6.07, 6.45) is 0. The zero-order chi connectivity index (χ0) is 33.3. The Balaban J connectivity index is -0.0000000218. The molecule has 0 amide bonds. The maximum atomic E-state index is 7.50. The average molecular weight is 922 g/mol. The molecule has 0 aliphatic carbocycles. The van der Waals surface area contributed by atoms with Crippen molar-refractivity contribution < 1.29 is 109 Å². The van der Waals surface area contributed by atoms with E-state index in [1.807, 2.05) is 59.6 Å². The molecule has 1 radical (unpaired) electrons. The van der Waals surface area contributed by atoms with Crippen molar-refractivity contribution in [1.29, 1.82) is 0 Å². The second-order valence-electron chi connectivity index (χ2n) is 2.74. The molecule has 39 heavy (non-hydrogen) atoms. The van der Waals surface area contributed by atoms with Crippen LogP contribution in [-0.2, 0) is 122 Å². The molecule has 0 saturated carbocycles. The summed E-state index contributed by atoms with van der Waals surface area (Å²) in [4.78, 5) is 0.888. The summed E-state index contributed by atoms with van der Waals surface area (Å²) in [5.74, 6) is 0. The van der Waals surface area contributed by atoms with Crippen molar-refractivity contribution in [1.82, 2.24) is 0 Å². The summed E-state index contributed by atoms with van der Waals surface area (Å²) in [5.41, 5.74) is 1.09. The van der Waals surface area contributed by atoms with Crippen molar-refractivity contribution in [2.75, 3.05) is 6.61 Å². The van der Waals surface area contributed by atoms with Gasteiger partial charge in [0.25, 0.3) is 0 Å². The van der Waals surface area contributed by atoms with Gasteiger partial charge in [0.2, 0.25) is 0 Å². The molecule has 12 nitrogen and oxygen atoms in total. The Morgan fingerprint density at radius 3 is 1.08 bits per heavy atom. The fourth-order valence-electron chi connectivity index (χ4n) is 1.01. The van der Waals surface area contributed by atoms with Crippen LogP contribution in [0.3, 0.4) is 0 Å². The summed E-state index contributed by atoms with van der Waals surface area (Å²) >= 11 is 8.68. The predicted molar refractivity (Wildman–Crippen MR) is 106 cm³/mol. The summed E-state index contributed by atoms with van der Waals surface area (Å²) < 4.78 is 90.1. The third-order valence-electron chi connectivity index (χ3n) is 1.70. The summed E-state index contributed by atoms with van der Waals surface area (Å²) in [5, 5.41) is 0. The molecular weight excluding hydrogens is 911 g/mol. The molecule has 0 N–H and O–H groups in total. The zero-order valence-electron chi connectivity index (χ0n) is 18.9. The molecule has 1 aromatic rings. The topological polar surface area (TPSA) is 228 Å². The molecule has 0 spiro atoms. The molecule has 205 valence electrons. The first kappa shape index (κ1) is 83.2. The summed E-state index contributed by atoms with van der Waals surface area (Å²) in [6, 6.07) is 10.1. The van der Waals surface area contributed by atoms with E-state index in [4.69, 9.17) is 68.5 Å². The van der Waals surface area contributed by atoms with Crippen molar-refractivity contribution in [2.24, 2.45) is 0 Å². The fourth-order valence-corrected chi connectivity index (χ4v) is 2.79. The normalized spacial score (nSPS) is 5.21. The molecule has 17 heteroatoms. The summed E-state index contributed by atoms with van der Waals surface area (Å²) in [6.45, 7) is 52.2. The Bertz CT molecular complexity index is 725. The van der Waals surface area contributed by atoms with Gasteiger partial charge in [0, 0.05) is 34.1 Å². The molecule has 0 heterocycles. The van der Waals surface area contributed by atoms with Gasteiger partial charge in [0.05, 0.1) is 0 Å². The molecule has 1 aromatic carbocycles. The quantitative estimate of drug-likeness (QED) is 0.189. The van der Waals surface area contributed by atoms with Crippen molar-refractivity contribution in [2.45, 2.75) is 6.92 Å². The van der Waals surface area contributed by atoms with Crippen LogP contribution in [0.1, 0.15) is 12.5 Å². The zero-order valence-corrected chi connectivity index (χ0v) is 27.2. The smallest absolute Gasteiger partial charge is 0 e. The van der Waals surface area contributed by atoms with Gasteiger partial charge in [-0.3, -0.25) is 0 Å². The van der Waals surface area contributed by atoms with Gasteiger partial charge < -0.3 is 0 Å². The number of hydrogen-bond acceptors (Lipinski definition) is 2. The standard InChI is InChI=1S/C11H11OSTe.11CO.2Fe.W/c1-2-12-8-10(14)11(13)9-6-4-3-5-7-9;11*1-2;;;/h3-7,13H,2H2,1H3;;;;;;;;;;;;;;/p-1/b11-10-;;;;;;;;;;;;;;. The van der Waals surface area contributed by atoms with Crippen LogP contribution < -0.4 is 0 Å². The van der Waals surface area contributed by atoms with Gasteiger partial charge in [0.15, 0.2) is 0 Å². The van der Waals surface area contributed by atoms with Gasteiger partial charge >= 0.3 is 245 Å². The van der Waals surface area contributed by atoms with Gasteiger partial charge in [-0.15, -0.1) is 0 Å². The first-order valence-electron chi connectivity index (χ1n) is 6.72. The van der Waals surface area contributed by atoms with E-state index < -0.39 is 0 Å². The van der Waals surface area contributed by atoms with Gasteiger partial charge in [-0.1, -0.05) is 0 Å². The van der Waals surface area contributed by atoms with E-state index in [0.29, 0.717) is 6.61 Å². The largest absolute Gasteiger partial charge is 0 e. The fraction of sp³-hybridized carbons (Fsp3) is 0.0909. The Morgan fingerprint density at radius 1 is 0.641 bits per heavy atom. The third kappa shape index (κ3) is 93.9. The van der Waals surface area contributed by atoms with Crippen LogP contribution in [-0.4, -0.2) is 33.0 Å². The molecule has 0 unspecified atom stereocenters. The van der Waals surface area contributed by atoms with Crippen LogP contribution in [0.25, 0.3) is 4.91 Å². The summed E-state index contributed by atoms with van der Waals surface area (Å²) in [7, 11) is 0. The molecule has 0 saturated heterocycles. The maximum absolute atomic E-state index is 7.50. The Hall–Kier alpha value is -1.33. The van der Waals surface area contributed by atoms with E-state index in [2.05, 4.69) is 73.2 Å². The van der Waals surface area contributed by atoms with Gasteiger partial charge in [-0.2, -0.15) is 0 Å². The minimum absolute atomic E-state index is 0. The second kappa shape index (κ2) is 149. The van der Waals surface area contributed by atoms with Crippen LogP contribution >= 0.6 is 0 Å². The molecule has 0 bridgehead atoms. The minimum Gasteiger partial charge on any atom is 0 e. The molecular formula is C22H10Fe2O12STeW-. The predicted octanol–water partition coefficient (Wildman–Crippen LogP) is 1.37. The van der Waals surface area contributed by atoms with Gasteiger partial charge in [-0.05, 0) is 0 Å². The first-order chi connectivity index (χ1) is 18.2. The minimum atomic E-state index is 0.